The number of rotatable bonds is 6. The van der Waals surface area contributed by atoms with E-state index >= 15 is 0 Å². The Morgan fingerprint density at radius 3 is 1.58 bits per heavy atom. The topological polar surface area (TPSA) is 38.4 Å². The van der Waals surface area contributed by atoms with Gasteiger partial charge in [0.25, 0.3) is 0 Å². The van der Waals surface area contributed by atoms with E-state index in [1.807, 2.05) is 12.1 Å². The number of fused-ring (bicyclic) bond motifs is 8. The number of hydrogen-bond donors (Lipinski definition) is 0. The Bertz CT molecular complexity index is 3180. The Hall–Kier alpha value is -7.50. The van der Waals surface area contributed by atoms with E-state index in [1.165, 1.54) is 22.3 Å². The second-order valence-corrected chi connectivity index (χ2v) is 13.9. The van der Waals surface area contributed by atoms with E-state index in [-0.39, 0.29) is 0 Å². The molecule has 258 valence electrons. The smallest absolute Gasteiger partial charge is 0.221 e. The largest absolute Gasteiger partial charge is 0.310 e. The Labute approximate surface area is 317 Å². The normalized spacial score (nSPS) is 11.6. The molecule has 0 fully saturated rings. The highest BCUT2D eigenvalue weighted by Gasteiger charge is 2.21. The van der Waals surface area contributed by atoms with Crippen LogP contribution in [0.25, 0.3) is 77.6 Å². The number of para-hydroxylation sites is 5. The van der Waals surface area contributed by atoms with Crippen molar-refractivity contribution in [2.24, 2.45) is 0 Å². The summed E-state index contributed by atoms with van der Waals surface area (Å²) in [4.78, 5) is 12.8. The molecule has 0 atom stereocenters. The van der Waals surface area contributed by atoms with Gasteiger partial charge in [-0.25, -0.2) is 9.97 Å². The lowest BCUT2D eigenvalue weighted by Gasteiger charge is -2.26. The molecule has 0 spiro atoms. The van der Waals surface area contributed by atoms with E-state index < -0.39 is 0 Å². The lowest BCUT2D eigenvalue weighted by atomic mass is 10.00. The highest BCUT2D eigenvalue weighted by Crippen LogP contribution is 2.41. The van der Waals surface area contributed by atoms with Gasteiger partial charge in [-0.05, 0) is 95.1 Å². The molecule has 0 N–H and O–H groups in total. The van der Waals surface area contributed by atoms with Gasteiger partial charge < -0.3 is 4.90 Å². The van der Waals surface area contributed by atoms with Crippen molar-refractivity contribution in [3.05, 3.63) is 200 Å². The molecule has 0 aliphatic carbocycles. The zero-order valence-electron chi connectivity index (χ0n) is 29.8. The number of imidazole rings is 1. The van der Waals surface area contributed by atoms with Gasteiger partial charge in [0.2, 0.25) is 5.95 Å². The van der Waals surface area contributed by atoms with Crippen LogP contribution in [0.1, 0.15) is 0 Å². The fourth-order valence-electron chi connectivity index (χ4n) is 8.11. The third kappa shape index (κ3) is 5.09. The number of nitrogens with zero attached hydrogens (tertiary/aromatic N) is 5. The molecule has 11 aromatic rings. The van der Waals surface area contributed by atoms with Crippen molar-refractivity contribution in [1.29, 1.82) is 0 Å². The van der Waals surface area contributed by atoms with Crippen LogP contribution in [0, 0.1) is 0 Å². The molecule has 5 heteroatoms. The summed E-state index contributed by atoms with van der Waals surface area (Å²) in [6.07, 6.45) is 0. The van der Waals surface area contributed by atoms with E-state index in [0.29, 0.717) is 0 Å². The van der Waals surface area contributed by atoms with Crippen LogP contribution < -0.4 is 4.90 Å². The van der Waals surface area contributed by atoms with Gasteiger partial charge in [0.15, 0.2) is 0 Å². The van der Waals surface area contributed by atoms with Crippen LogP contribution >= 0.6 is 0 Å². The lowest BCUT2D eigenvalue weighted by Crippen LogP contribution is -2.10. The lowest BCUT2D eigenvalue weighted by molar-refractivity contribution is 0.979. The van der Waals surface area contributed by atoms with Gasteiger partial charge in [0, 0.05) is 33.2 Å². The predicted octanol–water partition coefficient (Wildman–Crippen LogP) is 12.9. The number of aromatic nitrogens is 4. The van der Waals surface area contributed by atoms with Crippen molar-refractivity contribution in [3.8, 4) is 28.2 Å². The van der Waals surface area contributed by atoms with Crippen LogP contribution in [-0.4, -0.2) is 18.9 Å². The van der Waals surface area contributed by atoms with Gasteiger partial charge in [0.05, 0.1) is 27.6 Å². The summed E-state index contributed by atoms with van der Waals surface area (Å²) in [7, 11) is 0. The monoisotopic (exact) mass is 703 g/mol. The van der Waals surface area contributed by atoms with Crippen LogP contribution in [-0.2, 0) is 0 Å². The van der Waals surface area contributed by atoms with Gasteiger partial charge in [-0.2, -0.15) is 0 Å². The minimum atomic E-state index is 0.814. The maximum atomic E-state index is 5.35. The second kappa shape index (κ2) is 12.6. The molecular weight excluding hydrogens is 671 g/mol. The minimum absolute atomic E-state index is 0.814. The molecule has 0 saturated carbocycles. The first-order valence-corrected chi connectivity index (χ1v) is 18.6. The summed E-state index contributed by atoms with van der Waals surface area (Å²) in [5, 5.41) is 3.34. The van der Waals surface area contributed by atoms with E-state index in [4.69, 9.17) is 9.97 Å². The summed E-state index contributed by atoms with van der Waals surface area (Å²) in [5.41, 5.74) is 14.0. The molecule has 0 aliphatic heterocycles. The quantitative estimate of drug-likeness (QED) is 0.173. The molecule has 0 aliphatic rings. The second-order valence-electron chi connectivity index (χ2n) is 13.9. The molecule has 0 saturated heterocycles. The number of benzene rings is 8. The molecule has 3 heterocycles. The van der Waals surface area contributed by atoms with Gasteiger partial charge in [-0.3, -0.25) is 8.97 Å². The first-order chi connectivity index (χ1) is 27.3. The van der Waals surface area contributed by atoms with Crippen molar-refractivity contribution in [3.63, 3.8) is 0 Å². The van der Waals surface area contributed by atoms with Crippen LogP contribution in [0.2, 0.25) is 0 Å². The molecule has 55 heavy (non-hydrogen) atoms. The Balaban J connectivity index is 1.07. The van der Waals surface area contributed by atoms with Crippen LogP contribution in [0.3, 0.4) is 0 Å². The summed E-state index contributed by atoms with van der Waals surface area (Å²) in [6, 6.07) is 70.9. The Kier molecular flexibility index (Phi) is 7.10. The maximum Gasteiger partial charge on any atom is 0.221 e. The Morgan fingerprint density at radius 2 is 0.855 bits per heavy atom. The molecular formula is C50H33N5. The van der Waals surface area contributed by atoms with Crippen LogP contribution in [0.15, 0.2) is 200 Å². The molecule has 0 amide bonds. The van der Waals surface area contributed by atoms with E-state index in [2.05, 4.69) is 202 Å². The molecule has 0 radical (unpaired) electrons. The third-order valence-corrected chi connectivity index (χ3v) is 10.7. The third-order valence-electron chi connectivity index (χ3n) is 10.7. The van der Waals surface area contributed by atoms with Crippen molar-refractivity contribution < 1.29 is 0 Å². The summed E-state index contributed by atoms with van der Waals surface area (Å²) in [6.45, 7) is 0. The first-order valence-electron chi connectivity index (χ1n) is 18.6. The van der Waals surface area contributed by atoms with E-state index in [1.54, 1.807) is 0 Å². The molecule has 0 unspecified atom stereocenters. The summed E-state index contributed by atoms with van der Waals surface area (Å²) in [5.74, 6) is 0.814. The zero-order valence-corrected chi connectivity index (χ0v) is 29.8. The van der Waals surface area contributed by atoms with E-state index in [0.717, 1.165) is 72.4 Å². The molecule has 11 rings (SSSR count). The number of anilines is 3. The van der Waals surface area contributed by atoms with Gasteiger partial charge >= 0.3 is 0 Å². The number of hydrogen-bond acceptors (Lipinski definition) is 3. The van der Waals surface area contributed by atoms with Crippen molar-refractivity contribution in [2.45, 2.75) is 0 Å². The molecule has 3 aromatic heterocycles. The SMILES string of the molecule is c1ccc(-c2ccc(-c3ccc(N(c4ccccc4)c4ccc5c(c4)c4ccccc4n5-c4nc5ccccc5c5nc6ccccc6n45)cc3)cc2)cc1. The Morgan fingerprint density at radius 1 is 0.345 bits per heavy atom. The van der Waals surface area contributed by atoms with Gasteiger partial charge in [0.1, 0.15) is 5.65 Å². The summed E-state index contributed by atoms with van der Waals surface area (Å²) >= 11 is 0. The average molecular weight is 704 g/mol. The molecule has 0 bridgehead atoms. The maximum absolute atomic E-state index is 5.35. The zero-order chi connectivity index (χ0) is 36.3. The van der Waals surface area contributed by atoms with E-state index in [9.17, 15) is 0 Å². The highest BCUT2D eigenvalue weighted by molar-refractivity contribution is 6.11. The van der Waals surface area contributed by atoms with Crippen molar-refractivity contribution >= 4 is 66.5 Å². The molecule has 8 aromatic carbocycles. The van der Waals surface area contributed by atoms with Crippen molar-refractivity contribution in [1.82, 2.24) is 18.9 Å². The van der Waals surface area contributed by atoms with Crippen molar-refractivity contribution in [2.75, 3.05) is 4.90 Å². The average Bonchev–Trinajstić information content (AvgIpc) is 3.81. The fraction of sp³-hybridized carbons (Fsp3) is 0. The standard InChI is InChI=1S/C50H33N5/c1-3-13-34(14-4-1)35-23-25-36(26-24-35)37-27-29-39(30-28-37)53(38-15-5-2-6-16-38)40-31-32-47-43(33-40)41-17-8-11-21-46(41)54(47)50-52-44-19-9-7-18-42(44)49-51-45-20-10-12-22-48(45)55(49)50/h1-33H. The summed E-state index contributed by atoms with van der Waals surface area (Å²) < 4.78 is 4.51. The molecule has 5 nitrogen and oxygen atoms in total. The first kappa shape index (κ1) is 31.1. The van der Waals surface area contributed by atoms with Gasteiger partial charge in [-0.1, -0.05) is 127 Å². The van der Waals surface area contributed by atoms with Crippen LogP contribution in [0.4, 0.5) is 17.1 Å². The highest BCUT2D eigenvalue weighted by atomic mass is 15.2. The minimum Gasteiger partial charge on any atom is -0.310 e. The van der Waals surface area contributed by atoms with Crippen LogP contribution in [0.5, 0.6) is 0 Å². The van der Waals surface area contributed by atoms with Gasteiger partial charge in [-0.15, -0.1) is 0 Å². The fourth-order valence-corrected chi connectivity index (χ4v) is 8.11. The predicted molar refractivity (Wildman–Crippen MR) is 228 cm³/mol.